The van der Waals surface area contributed by atoms with Crippen LogP contribution in [0.4, 0.5) is 0 Å². The van der Waals surface area contributed by atoms with Crippen molar-refractivity contribution in [3.63, 3.8) is 0 Å². The van der Waals surface area contributed by atoms with Crippen LogP contribution in [0, 0.1) is 0 Å². The average molecular weight is 346 g/mol. The summed E-state index contributed by atoms with van der Waals surface area (Å²) in [7, 11) is 0. The van der Waals surface area contributed by atoms with E-state index in [1.54, 1.807) is 11.8 Å². The van der Waals surface area contributed by atoms with Crippen LogP contribution in [0.3, 0.4) is 0 Å². The predicted octanol–water partition coefficient (Wildman–Crippen LogP) is 2.59. The van der Waals surface area contributed by atoms with Gasteiger partial charge in [-0.2, -0.15) is 0 Å². The predicted molar refractivity (Wildman–Crippen MR) is 93.1 cm³/mol. The lowest BCUT2D eigenvalue weighted by atomic mass is 10.3. The van der Waals surface area contributed by atoms with Gasteiger partial charge in [-0.05, 0) is 31.4 Å². The van der Waals surface area contributed by atoms with E-state index in [0.29, 0.717) is 25.5 Å². The lowest BCUT2D eigenvalue weighted by molar-refractivity contribution is -0.118. The number of hydrogen-bond donors (Lipinski definition) is 1. The van der Waals surface area contributed by atoms with E-state index in [-0.39, 0.29) is 5.91 Å². The number of thioether (sulfide) groups is 1. The largest absolute Gasteiger partial charge is 0.494 e. The number of carbonyl (C=O) groups excluding carboxylic acids is 1. The highest BCUT2D eigenvalue weighted by Crippen LogP contribution is 2.40. The number of aromatic nitrogens is 3. The Morgan fingerprint density at radius 1 is 1.29 bits per heavy atom. The minimum atomic E-state index is -0.294. The molecule has 1 saturated carbocycles. The molecule has 1 fully saturated rings. The van der Waals surface area contributed by atoms with Crippen LogP contribution in [0.25, 0.3) is 0 Å². The van der Waals surface area contributed by atoms with Crippen LogP contribution in [0.2, 0.25) is 0 Å². The van der Waals surface area contributed by atoms with Crippen LogP contribution in [0.1, 0.15) is 37.4 Å². The molecular weight excluding hydrogens is 324 g/mol. The van der Waals surface area contributed by atoms with Gasteiger partial charge in [0.2, 0.25) is 5.91 Å². The second kappa shape index (κ2) is 8.19. The number of benzene rings is 1. The van der Waals surface area contributed by atoms with Crippen molar-refractivity contribution < 1.29 is 9.53 Å². The van der Waals surface area contributed by atoms with Crippen LogP contribution in [0.5, 0.6) is 5.75 Å². The highest BCUT2D eigenvalue weighted by molar-refractivity contribution is 7.99. The topological polar surface area (TPSA) is 83.0 Å². The van der Waals surface area contributed by atoms with Crippen molar-refractivity contribution in [2.75, 3.05) is 12.4 Å². The first-order chi connectivity index (χ1) is 11.7. The van der Waals surface area contributed by atoms with Gasteiger partial charge in [0, 0.05) is 24.6 Å². The van der Waals surface area contributed by atoms with Gasteiger partial charge in [0.25, 0.3) is 0 Å². The summed E-state index contributed by atoms with van der Waals surface area (Å²) >= 11 is 1.66. The van der Waals surface area contributed by atoms with Gasteiger partial charge in [0.1, 0.15) is 11.6 Å². The van der Waals surface area contributed by atoms with E-state index in [4.69, 9.17) is 10.5 Å². The molecule has 1 heterocycles. The standard InChI is InChI=1S/C17H22N4O2S/c18-15(22)9-10-21-16(13-7-8-13)19-20-17(21)24-12-4-11-23-14-5-2-1-3-6-14/h1-3,5-6,13H,4,7-12H2,(H2,18,22). The lowest BCUT2D eigenvalue weighted by Gasteiger charge is -2.09. The van der Waals surface area contributed by atoms with Crippen molar-refractivity contribution in [3.05, 3.63) is 36.2 Å². The molecule has 0 aliphatic heterocycles. The van der Waals surface area contributed by atoms with Gasteiger partial charge in [-0.3, -0.25) is 4.79 Å². The average Bonchev–Trinajstić information content (AvgIpc) is 3.35. The third-order valence-electron chi connectivity index (χ3n) is 3.80. The van der Waals surface area contributed by atoms with Gasteiger partial charge in [0.05, 0.1) is 6.61 Å². The van der Waals surface area contributed by atoms with Gasteiger partial charge in [-0.15, -0.1) is 10.2 Å². The lowest BCUT2D eigenvalue weighted by Crippen LogP contribution is -2.15. The summed E-state index contributed by atoms with van der Waals surface area (Å²) in [5.74, 6) is 2.99. The van der Waals surface area contributed by atoms with Gasteiger partial charge in [-0.25, -0.2) is 0 Å². The molecule has 1 amide bonds. The summed E-state index contributed by atoms with van der Waals surface area (Å²) in [6, 6.07) is 9.81. The first-order valence-electron chi connectivity index (χ1n) is 8.26. The monoisotopic (exact) mass is 346 g/mol. The van der Waals surface area contributed by atoms with Crippen molar-refractivity contribution in [1.29, 1.82) is 0 Å². The zero-order chi connectivity index (χ0) is 16.8. The van der Waals surface area contributed by atoms with Gasteiger partial charge < -0.3 is 15.0 Å². The highest BCUT2D eigenvalue weighted by Gasteiger charge is 2.30. The molecule has 1 aromatic heterocycles. The number of ether oxygens (including phenoxy) is 1. The quantitative estimate of drug-likeness (QED) is 0.528. The van der Waals surface area contributed by atoms with Crippen LogP contribution in [-0.2, 0) is 11.3 Å². The Kier molecular flexibility index (Phi) is 5.74. The van der Waals surface area contributed by atoms with Crippen molar-refractivity contribution >= 4 is 17.7 Å². The summed E-state index contributed by atoms with van der Waals surface area (Å²) < 4.78 is 7.75. The summed E-state index contributed by atoms with van der Waals surface area (Å²) in [4.78, 5) is 11.1. The molecule has 0 bridgehead atoms. The molecule has 2 aromatic rings. The Labute approximate surface area is 145 Å². The molecule has 1 aliphatic rings. The molecule has 1 aromatic carbocycles. The number of rotatable bonds is 10. The van der Waals surface area contributed by atoms with E-state index in [1.807, 2.05) is 30.3 Å². The zero-order valence-corrected chi connectivity index (χ0v) is 14.4. The number of nitrogens with two attached hydrogens (primary N) is 1. The third-order valence-corrected chi connectivity index (χ3v) is 4.85. The van der Waals surface area contributed by atoms with Gasteiger partial charge >= 0.3 is 0 Å². The number of amides is 1. The molecular formula is C17H22N4O2S. The molecule has 3 rings (SSSR count). The fraction of sp³-hybridized carbons (Fsp3) is 0.471. The summed E-state index contributed by atoms with van der Waals surface area (Å²) in [6.45, 7) is 1.24. The molecule has 24 heavy (non-hydrogen) atoms. The number of carbonyl (C=O) groups is 1. The van der Waals surface area contributed by atoms with Crippen LogP contribution < -0.4 is 10.5 Å². The molecule has 1 aliphatic carbocycles. The van der Waals surface area contributed by atoms with Crippen LogP contribution in [-0.4, -0.2) is 33.0 Å². The molecule has 0 spiro atoms. The molecule has 2 N–H and O–H groups in total. The minimum absolute atomic E-state index is 0.294. The summed E-state index contributed by atoms with van der Waals surface area (Å²) in [6.07, 6.45) is 3.55. The highest BCUT2D eigenvalue weighted by atomic mass is 32.2. The van der Waals surface area contributed by atoms with Crippen molar-refractivity contribution in [2.24, 2.45) is 5.73 Å². The fourth-order valence-electron chi connectivity index (χ4n) is 2.41. The first-order valence-corrected chi connectivity index (χ1v) is 9.24. The molecule has 6 nitrogen and oxygen atoms in total. The molecule has 128 valence electrons. The van der Waals surface area contributed by atoms with E-state index >= 15 is 0 Å². The van der Waals surface area contributed by atoms with Gasteiger partial charge in [0.15, 0.2) is 5.16 Å². The van der Waals surface area contributed by atoms with E-state index < -0.39 is 0 Å². The molecule has 0 radical (unpaired) electrons. The number of primary amides is 1. The van der Waals surface area contributed by atoms with Crippen molar-refractivity contribution in [2.45, 2.75) is 43.3 Å². The minimum Gasteiger partial charge on any atom is -0.494 e. The zero-order valence-electron chi connectivity index (χ0n) is 13.6. The first kappa shape index (κ1) is 16.8. The number of hydrogen-bond acceptors (Lipinski definition) is 5. The number of nitrogens with zero attached hydrogens (tertiary/aromatic N) is 3. The smallest absolute Gasteiger partial charge is 0.219 e. The summed E-state index contributed by atoms with van der Waals surface area (Å²) in [5.41, 5.74) is 5.28. The molecule has 0 atom stereocenters. The molecule has 7 heteroatoms. The van der Waals surface area contributed by atoms with Crippen molar-refractivity contribution in [1.82, 2.24) is 14.8 Å². The second-order valence-corrected chi connectivity index (χ2v) is 6.91. The van der Waals surface area contributed by atoms with Crippen LogP contribution in [0.15, 0.2) is 35.5 Å². The molecule has 0 saturated heterocycles. The Morgan fingerprint density at radius 3 is 2.79 bits per heavy atom. The maximum Gasteiger partial charge on any atom is 0.219 e. The second-order valence-electron chi connectivity index (χ2n) is 5.85. The summed E-state index contributed by atoms with van der Waals surface area (Å²) in [5, 5.41) is 9.48. The normalized spacial score (nSPS) is 13.8. The van der Waals surface area contributed by atoms with E-state index in [2.05, 4.69) is 14.8 Å². The maximum absolute atomic E-state index is 11.1. The van der Waals surface area contributed by atoms with E-state index in [0.717, 1.165) is 41.7 Å². The third kappa shape index (κ3) is 4.74. The Morgan fingerprint density at radius 2 is 2.08 bits per heavy atom. The SMILES string of the molecule is NC(=O)CCn1c(SCCCOc2ccccc2)nnc1C1CC1. The number of para-hydroxylation sites is 1. The Hall–Kier alpha value is -2.02. The maximum atomic E-state index is 11.1. The Balaban J connectivity index is 1.48. The van der Waals surface area contributed by atoms with E-state index in [1.165, 1.54) is 0 Å². The fourth-order valence-corrected chi connectivity index (χ4v) is 3.30. The van der Waals surface area contributed by atoms with Crippen molar-refractivity contribution in [3.8, 4) is 5.75 Å². The van der Waals surface area contributed by atoms with Gasteiger partial charge in [-0.1, -0.05) is 30.0 Å². The van der Waals surface area contributed by atoms with E-state index in [9.17, 15) is 4.79 Å². The Bertz CT molecular complexity index is 670. The van der Waals surface area contributed by atoms with Crippen LogP contribution >= 0.6 is 11.8 Å². The molecule has 0 unspecified atom stereocenters.